The second kappa shape index (κ2) is 10.4. The maximum absolute atomic E-state index is 13.2. The van der Waals surface area contributed by atoms with Crippen LogP contribution in [0.5, 0.6) is 0 Å². The van der Waals surface area contributed by atoms with Gasteiger partial charge in [-0.1, -0.05) is 11.6 Å². The average Bonchev–Trinajstić information content (AvgIpc) is 3.62. The number of aromatic nitrogens is 2. The second-order valence-electron chi connectivity index (χ2n) is 9.76. The minimum atomic E-state index is -0.556. The Kier molecular flexibility index (Phi) is 7.06. The molecule has 1 saturated carbocycles. The lowest BCUT2D eigenvalue weighted by Gasteiger charge is -2.20. The third-order valence-corrected chi connectivity index (χ3v) is 7.48. The minimum absolute atomic E-state index is 0.181. The molecule has 11 heteroatoms. The van der Waals surface area contributed by atoms with Gasteiger partial charge in [-0.2, -0.15) is 5.26 Å². The van der Waals surface area contributed by atoms with E-state index >= 15 is 0 Å². The number of amides is 2. The Bertz CT molecular complexity index is 1600. The molecule has 10 nitrogen and oxygen atoms in total. The maximum atomic E-state index is 13.2. The highest BCUT2D eigenvalue weighted by Crippen LogP contribution is 2.30. The number of hydrogen-bond donors (Lipinski definition) is 3. The zero-order valence-corrected chi connectivity index (χ0v) is 21.5. The van der Waals surface area contributed by atoms with Gasteiger partial charge in [-0.15, -0.1) is 0 Å². The first-order chi connectivity index (χ1) is 18.3. The SMILES string of the molecule is CCn1c(=O)n(CC2CC2)c(=O)c2cc(NC(=O)[C@H]3CNC[C@@H]3NC(=O)c3ccc(C#N)c(Cl)c3)ccc21. The van der Waals surface area contributed by atoms with Crippen molar-refractivity contribution in [1.29, 1.82) is 5.26 Å². The largest absolute Gasteiger partial charge is 0.347 e. The van der Waals surface area contributed by atoms with Gasteiger partial charge in [0.15, 0.2) is 0 Å². The maximum Gasteiger partial charge on any atom is 0.331 e. The van der Waals surface area contributed by atoms with Gasteiger partial charge >= 0.3 is 5.69 Å². The van der Waals surface area contributed by atoms with Crippen molar-refractivity contribution < 1.29 is 9.59 Å². The lowest BCUT2D eigenvalue weighted by molar-refractivity contribution is -0.119. The van der Waals surface area contributed by atoms with E-state index in [2.05, 4.69) is 16.0 Å². The summed E-state index contributed by atoms with van der Waals surface area (Å²) in [5, 5.41) is 18.5. The summed E-state index contributed by atoms with van der Waals surface area (Å²) in [4.78, 5) is 52.1. The van der Waals surface area contributed by atoms with Gasteiger partial charge in [0.05, 0.1) is 33.4 Å². The van der Waals surface area contributed by atoms with Gasteiger partial charge in [0.25, 0.3) is 11.5 Å². The molecule has 5 rings (SSSR count). The summed E-state index contributed by atoms with van der Waals surface area (Å²) in [6.07, 6.45) is 2.02. The lowest BCUT2D eigenvalue weighted by Crippen LogP contribution is -2.44. The number of halogens is 1. The Morgan fingerprint density at radius 2 is 1.92 bits per heavy atom. The number of benzene rings is 2. The number of rotatable bonds is 7. The zero-order valence-electron chi connectivity index (χ0n) is 20.8. The van der Waals surface area contributed by atoms with Crippen LogP contribution in [-0.2, 0) is 17.9 Å². The molecule has 2 heterocycles. The van der Waals surface area contributed by atoms with Gasteiger partial charge in [-0.3, -0.25) is 23.5 Å². The number of carbonyl (C=O) groups is 2. The van der Waals surface area contributed by atoms with E-state index in [1.807, 2.05) is 13.0 Å². The molecular formula is C27H27ClN6O4. The first-order valence-corrected chi connectivity index (χ1v) is 13.0. The Balaban J connectivity index is 1.35. The topological polar surface area (TPSA) is 138 Å². The first-order valence-electron chi connectivity index (χ1n) is 12.6. The predicted molar refractivity (Wildman–Crippen MR) is 143 cm³/mol. The van der Waals surface area contributed by atoms with Crippen molar-refractivity contribution in [2.75, 3.05) is 18.4 Å². The molecular weight excluding hydrogens is 508 g/mol. The quantitative estimate of drug-likeness (QED) is 0.424. The van der Waals surface area contributed by atoms with Gasteiger partial charge in [0.2, 0.25) is 5.91 Å². The van der Waals surface area contributed by atoms with E-state index in [1.165, 1.54) is 22.8 Å². The molecule has 0 bridgehead atoms. The fraction of sp³-hybridized carbons (Fsp3) is 0.370. The van der Waals surface area contributed by atoms with Gasteiger partial charge in [0.1, 0.15) is 6.07 Å². The zero-order chi connectivity index (χ0) is 27.0. The lowest BCUT2D eigenvalue weighted by atomic mass is 10.0. The Labute approximate surface area is 223 Å². The van der Waals surface area contributed by atoms with Crippen LogP contribution >= 0.6 is 11.6 Å². The molecule has 1 aliphatic heterocycles. The van der Waals surface area contributed by atoms with Crippen LogP contribution in [-0.4, -0.2) is 40.1 Å². The van der Waals surface area contributed by atoms with Crippen LogP contribution in [0.1, 0.15) is 35.7 Å². The van der Waals surface area contributed by atoms with Gasteiger partial charge in [0, 0.05) is 37.4 Å². The second-order valence-corrected chi connectivity index (χ2v) is 10.2. The van der Waals surface area contributed by atoms with Crippen molar-refractivity contribution in [3.05, 3.63) is 73.4 Å². The molecule has 196 valence electrons. The molecule has 2 fully saturated rings. The number of fused-ring (bicyclic) bond motifs is 1. The van der Waals surface area contributed by atoms with Crippen LogP contribution < -0.4 is 27.2 Å². The Morgan fingerprint density at radius 3 is 2.61 bits per heavy atom. The van der Waals surface area contributed by atoms with Crippen LogP contribution in [0.3, 0.4) is 0 Å². The molecule has 1 saturated heterocycles. The van der Waals surface area contributed by atoms with Crippen molar-refractivity contribution in [1.82, 2.24) is 19.8 Å². The highest BCUT2D eigenvalue weighted by atomic mass is 35.5. The highest BCUT2D eigenvalue weighted by Gasteiger charge is 2.34. The van der Waals surface area contributed by atoms with Crippen LogP contribution in [0.4, 0.5) is 5.69 Å². The monoisotopic (exact) mass is 534 g/mol. The molecule has 38 heavy (non-hydrogen) atoms. The smallest absolute Gasteiger partial charge is 0.331 e. The van der Waals surface area contributed by atoms with E-state index in [-0.39, 0.29) is 27.7 Å². The molecule has 2 aliphatic rings. The van der Waals surface area contributed by atoms with E-state index in [0.29, 0.717) is 54.3 Å². The number of nitrogens with one attached hydrogen (secondary N) is 3. The van der Waals surface area contributed by atoms with Crippen molar-refractivity contribution in [3.63, 3.8) is 0 Å². The Hall–Kier alpha value is -3.94. The summed E-state index contributed by atoms with van der Waals surface area (Å²) < 4.78 is 2.88. The summed E-state index contributed by atoms with van der Waals surface area (Å²) in [6, 6.07) is 10.9. The molecule has 2 atom stereocenters. The molecule has 3 N–H and O–H groups in total. The predicted octanol–water partition coefficient (Wildman–Crippen LogP) is 2.07. The van der Waals surface area contributed by atoms with Crippen molar-refractivity contribution in [2.24, 2.45) is 11.8 Å². The van der Waals surface area contributed by atoms with Gasteiger partial charge in [-0.25, -0.2) is 4.79 Å². The van der Waals surface area contributed by atoms with Crippen molar-refractivity contribution in [3.8, 4) is 6.07 Å². The van der Waals surface area contributed by atoms with Gasteiger partial charge in [-0.05, 0) is 62.1 Å². The molecule has 2 aromatic carbocycles. The van der Waals surface area contributed by atoms with Gasteiger partial charge < -0.3 is 16.0 Å². The Morgan fingerprint density at radius 1 is 1.13 bits per heavy atom. The summed E-state index contributed by atoms with van der Waals surface area (Å²) in [7, 11) is 0. The van der Waals surface area contributed by atoms with Crippen LogP contribution in [0.15, 0.2) is 46.0 Å². The normalized spacial score (nSPS) is 18.8. The fourth-order valence-electron chi connectivity index (χ4n) is 4.87. The molecule has 2 amide bonds. The highest BCUT2D eigenvalue weighted by molar-refractivity contribution is 6.32. The molecule has 1 aromatic heterocycles. The number of nitrogens with zero attached hydrogens (tertiary/aromatic N) is 3. The molecule has 3 aromatic rings. The standard InChI is InChI=1S/C27H27ClN6O4/c1-2-33-23-8-7-18(10-19(23)26(37)34(27(33)38)14-15-3-4-15)31-25(36)20-12-30-13-22(20)32-24(35)16-5-6-17(11-29)21(28)9-16/h5-10,15,20,22,30H,2-4,12-14H2,1H3,(H,31,36)(H,32,35)/t20-,22-/m0/s1. The fourth-order valence-corrected chi connectivity index (χ4v) is 5.09. The average molecular weight is 535 g/mol. The van der Waals surface area contributed by atoms with E-state index in [1.54, 1.807) is 22.8 Å². The number of anilines is 1. The number of hydrogen-bond acceptors (Lipinski definition) is 6. The summed E-state index contributed by atoms with van der Waals surface area (Å²) in [5.74, 6) is -0.907. The molecule has 0 spiro atoms. The van der Waals surface area contributed by atoms with Crippen LogP contribution in [0, 0.1) is 23.2 Å². The number of aryl methyl sites for hydroxylation is 1. The summed E-state index contributed by atoms with van der Waals surface area (Å²) in [6.45, 7) is 3.45. The van der Waals surface area contributed by atoms with E-state index in [9.17, 15) is 19.2 Å². The van der Waals surface area contributed by atoms with Crippen molar-refractivity contribution >= 4 is 40.0 Å². The number of carbonyl (C=O) groups excluding carboxylic acids is 2. The number of nitriles is 1. The van der Waals surface area contributed by atoms with Crippen LogP contribution in [0.2, 0.25) is 5.02 Å². The van der Waals surface area contributed by atoms with E-state index < -0.39 is 17.9 Å². The minimum Gasteiger partial charge on any atom is -0.347 e. The van der Waals surface area contributed by atoms with Crippen LogP contribution in [0.25, 0.3) is 10.9 Å². The molecule has 0 unspecified atom stereocenters. The molecule has 0 radical (unpaired) electrons. The third kappa shape index (κ3) is 4.95. The first kappa shape index (κ1) is 25.7. The van der Waals surface area contributed by atoms with E-state index in [0.717, 1.165) is 12.8 Å². The molecule has 1 aliphatic carbocycles. The van der Waals surface area contributed by atoms with Crippen molar-refractivity contribution in [2.45, 2.75) is 38.9 Å². The summed E-state index contributed by atoms with van der Waals surface area (Å²) >= 11 is 6.06. The van der Waals surface area contributed by atoms with E-state index in [4.69, 9.17) is 16.9 Å². The third-order valence-electron chi connectivity index (χ3n) is 7.17. The summed E-state index contributed by atoms with van der Waals surface area (Å²) in [5.41, 5.74) is 0.864.